The molecule has 156 valence electrons. The molecule has 0 unspecified atom stereocenters. The molecule has 2 aliphatic rings. The van der Waals surface area contributed by atoms with Crippen LogP contribution in [-0.4, -0.2) is 47.0 Å². The number of benzene rings is 2. The highest BCUT2D eigenvalue weighted by atomic mass is 35.5. The number of fused-ring (bicyclic) bond motifs is 1. The third kappa shape index (κ3) is 4.39. The molecule has 0 N–H and O–H groups in total. The van der Waals surface area contributed by atoms with Crippen LogP contribution < -0.4 is 0 Å². The zero-order valence-electron chi connectivity index (χ0n) is 17.6. The fourth-order valence-corrected chi connectivity index (χ4v) is 5.28. The molecular formula is C26H30ClN3. The van der Waals surface area contributed by atoms with Gasteiger partial charge in [-0.05, 0) is 75.6 Å². The predicted molar refractivity (Wildman–Crippen MR) is 126 cm³/mol. The minimum Gasteiger partial charge on any atom is -0.300 e. The largest absolute Gasteiger partial charge is 0.300 e. The zero-order chi connectivity index (χ0) is 20.3. The molecule has 0 amide bonds. The number of aromatic nitrogens is 1. The molecule has 4 heteroatoms. The number of pyridine rings is 1. The highest BCUT2D eigenvalue weighted by molar-refractivity contribution is 6.31. The van der Waals surface area contributed by atoms with Crippen molar-refractivity contribution in [1.82, 2.24) is 14.8 Å². The Kier molecular flexibility index (Phi) is 6.03. The minimum absolute atomic E-state index is 0.738. The maximum absolute atomic E-state index is 6.24. The fourth-order valence-electron chi connectivity index (χ4n) is 5.12. The standard InChI is InChI=1S/C26H30ClN3/c27-23-10-9-21-17-22(26(28-25(21)18-23)20-7-3-1-4-8-20)19-29-15-11-24(12-16-29)30-13-5-2-6-14-30/h1,3-4,7-10,17-18,24H,2,5-6,11-16,19H2. The lowest BCUT2D eigenvalue weighted by molar-refractivity contribution is 0.0897. The second kappa shape index (κ2) is 9.05. The van der Waals surface area contributed by atoms with Crippen LogP contribution in [0.4, 0.5) is 0 Å². The summed E-state index contributed by atoms with van der Waals surface area (Å²) in [6, 6.07) is 19.7. The smallest absolute Gasteiger partial charge is 0.0754 e. The molecular weight excluding hydrogens is 390 g/mol. The fraction of sp³-hybridized carbons (Fsp3) is 0.423. The second-order valence-electron chi connectivity index (χ2n) is 8.80. The number of piperidine rings is 2. The van der Waals surface area contributed by atoms with Crippen molar-refractivity contribution in [3.8, 4) is 11.3 Å². The van der Waals surface area contributed by atoms with E-state index in [0.717, 1.165) is 34.2 Å². The van der Waals surface area contributed by atoms with Crippen molar-refractivity contribution in [2.75, 3.05) is 26.2 Å². The minimum atomic E-state index is 0.738. The van der Waals surface area contributed by atoms with Crippen LogP contribution in [0.15, 0.2) is 54.6 Å². The van der Waals surface area contributed by atoms with E-state index < -0.39 is 0 Å². The van der Waals surface area contributed by atoms with Crippen molar-refractivity contribution >= 4 is 22.5 Å². The van der Waals surface area contributed by atoms with Crippen LogP contribution in [0.1, 0.15) is 37.7 Å². The molecule has 3 heterocycles. The average Bonchev–Trinajstić information content (AvgIpc) is 2.80. The van der Waals surface area contributed by atoms with Crippen LogP contribution in [-0.2, 0) is 6.54 Å². The van der Waals surface area contributed by atoms with E-state index >= 15 is 0 Å². The van der Waals surface area contributed by atoms with Gasteiger partial charge in [0.25, 0.3) is 0 Å². The molecule has 2 aromatic carbocycles. The van der Waals surface area contributed by atoms with E-state index in [-0.39, 0.29) is 0 Å². The van der Waals surface area contributed by atoms with E-state index in [2.05, 4.69) is 52.3 Å². The molecule has 2 saturated heterocycles. The lowest BCUT2D eigenvalue weighted by atomic mass is 9.98. The summed E-state index contributed by atoms with van der Waals surface area (Å²) in [4.78, 5) is 10.4. The third-order valence-corrected chi connectivity index (χ3v) is 7.00. The molecule has 3 nitrogen and oxygen atoms in total. The van der Waals surface area contributed by atoms with E-state index in [1.54, 1.807) is 0 Å². The lowest BCUT2D eigenvalue weighted by Gasteiger charge is -2.40. The molecule has 1 aromatic heterocycles. The van der Waals surface area contributed by atoms with Gasteiger partial charge in [0.2, 0.25) is 0 Å². The van der Waals surface area contributed by atoms with Gasteiger partial charge in [-0.1, -0.05) is 54.4 Å². The first-order chi connectivity index (χ1) is 14.8. The highest BCUT2D eigenvalue weighted by Crippen LogP contribution is 2.29. The van der Waals surface area contributed by atoms with Crippen LogP contribution in [0.3, 0.4) is 0 Å². The normalized spacial score (nSPS) is 19.4. The first-order valence-corrected chi connectivity index (χ1v) is 11.7. The Morgan fingerprint density at radius 3 is 2.40 bits per heavy atom. The van der Waals surface area contributed by atoms with Crippen LogP contribution >= 0.6 is 11.6 Å². The average molecular weight is 420 g/mol. The van der Waals surface area contributed by atoms with Gasteiger partial charge in [0.15, 0.2) is 0 Å². The molecule has 5 rings (SSSR count). The van der Waals surface area contributed by atoms with Crippen molar-refractivity contribution in [1.29, 1.82) is 0 Å². The summed E-state index contributed by atoms with van der Waals surface area (Å²) in [7, 11) is 0. The predicted octanol–water partition coefficient (Wildman–Crippen LogP) is 6.01. The number of hydrogen-bond acceptors (Lipinski definition) is 3. The Balaban J connectivity index is 1.38. The molecule has 30 heavy (non-hydrogen) atoms. The van der Waals surface area contributed by atoms with Gasteiger partial charge in [-0.25, -0.2) is 4.98 Å². The Hall–Kier alpha value is -1.94. The monoisotopic (exact) mass is 419 g/mol. The lowest BCUT2D eigenvalue weighted by Crippen LogP contribution is -2.46. The summed E-state index contributed by atoms with van der Waals surface area (Å²) >= 11 is 6.24. The first-order valence-electron chi connectivity index (χ1n) is 11.4. The van der Waals surface area contributed by atoms with Gasteiger partial charge < -0.3 is 4.90 Å². The van der Waals surface area contributed by atoms with Crippen molar-refractivity contribution in [2.24, 2.45) is 0 Å². The van der Waals surface area contributed by atoms with Crippen LogP contribution in [0.5, 0.6) is 0 Å². The highest BCUT2D eigenvalue weighted by Gasteiger charge is 2.26. The SMILES string of the molecule is Clc1ccc2cc(CN3CCC(N4CCCCC4)CC3)c(-c3ccccc3)nc2c1. The number of nitrogens with zero attached hydrogens (tertiary/aromatic N) is 3. The summed E-state index contributed by atoms with van der Waals surface area (Å²) in [5.74, 6) is 0. The quantitative estimate of drug-likeness (QED) is 0.516. The first kappa shape index (κ1) is 20.0. The van der Waals surface area contributed by atoms with Crippen LogP contribution in [0, 0.1) is 0 Å². The molecule has 0 spiro atoms. The maximum atomic E-state index is 6.24. The number of rotatable bonds is 4. The van der Waals surface area contributed by atoms with Gasteiger partial charge in [0, 0.05) is 28.6 Å². The van der Waals surface area contributed by atoms with E-state index in [4.69, 9.17) is 16.6 Å². The summed E-state index contributed by atoms with van der Waals surface area (Å²) in [6.45, 7) is 5.92. The Morgan fingerprint density at radius 2 is 1.63 bits per heavy atom. The zero-order valence-corrected chi connectivity index (χ0v) is 18.3. The number of likely N-dealkylation sites (tertiary alicyclic amines) is 2. The Morgan fingerprint density at radius 1 is 0.867 bits per heavy atom. The van der Waals surface area contributed by atoms with E-state index in [1.165, 1.54) is 69.4 Å². The molecule has 0 saturated carbocycles. The van der Waals surface area contributed by atoms with Crippen LogP contribution in [0.25, 0.3) is 22.2 Å². The van der Waals surface area contributed by atoms with Gasteiger partial charge >= 0.3 is 0 Å². The summed E-state index contributed by atoms with van der Waals surface area (Å²) < 4.78 is 0. The van der Waals surface area contributed by atoms with Gasteiger partial charge in [-0.2, -0.15) is 0 Å². The molecule has 2 aliphatic heterocycles. The van der Waals surface area contributed by atoms with Gasteiger partial charge in [-0.15, -0.1) is 0 Å². The van der Waals surface area contributed by atoms with Crippen LogP contribution in [0.2, 0.25) is 5.02 Å². The summed E-state index contributed by atoms with van der Waals surface area (Å²) in [5.41, 5.74) is 4.54. The number of halogens is 1. The van der Waals surface area contributed by atoms with E-state index in [9.17, 15) is 0 Å². The molecule has 0 atom stereocenters. The molecule has 0 radical (unpaired) electrons. The summed E-state index contributed by atoms with van der Waals surface area (Å²) in [5, 5.41) is 1.90. The van der Waals surface area contributed by atoms with Crippen molar-refractivity contribution < 1.29 is 0 Å². The van der Waals surface area contributed by atoms with Gasteiger partial charge in [0.1, 0.15) is 0 Å². The topological polar surface area (TPSA) is 19.4 Å². The van der Waals surface area contributed by atoms with Crippen molar-refractivity contribution in [3.05, 3.63) is 65.2 Å². The van der Waals surface area contributed by atoms with E-state index in [0.29, 0.717) is 0 Å². The molecule has 0 bridgehead atoms. The molecule has 3 aromatic rings. The number of hydrogen-bond donors (Lipinski definition) is 0. The third-order valence-electron chi connectivity index (χ3n) is 6.76. The maximum Gasteiger partial charge on any atom is 0.0754 e. The Labute approximate surface area is 184 Å². The van der Waals surface area contributed by atoms with Crippen molar-refractivity contribution in [3.63, 3.8) is 0 Å². The molecule has 2 fully saturated rings. The summed E-state index contributed by atoms with van der Waals surface area (Å²) in [6.07, 6.45) is 6.76. The Bertz CT molecular complexity index is 990. The molecule has 0 aliphatic carbocycles. The van der Waals surface area contributed by atoms with Crippen molar-refractivity contribution in [2.45, 2.75) is 44.7 Å². The van der Waals surface area contributed by atoms with Gasteiger partial charge in [-0.3, -0.25) is 4.90 Å². The van der Waals surface area contributed by atoms with Gasteiger partial charge in [0.05, 0.1) is 11.2 Å². The van der Waals surface area contributed by atoms with E-state index in [1.807, 2.05) is 12.1 Å². The second-order valence-corrected chi connectivity index (χ2v) is 9.24.